The van der Waals surface area contributed by atoms with Gasteiger partial charge in [-0.1, -0.05) is 30.3 Å². The van der Waals surface area contributed by atoms with E-state index in [4.69, 9.17) is 10.5 Å². The lowest BCUT2D eigenvalue weighted by Gasteiger charge is -2.12. The third-order valence-corrected chi connectivity index (χ3v) is 4.78. The molecule has 0 bridgehead atoms. The van der Waals surface area contributed by atoms with Gasteiger partial charge in [0, 0.05) is 5.39 Å². The molecule has 0 aliphatic heterocycles. The Labute approximate surface area is 158 Å². The van der Waals surface area contributed by atoms with Crippen molar-refractivity contribution in [3.05, 3.63) is 65.5 Å². The zero-order valence-corrected chi connectivity index (χ0v) is 14.6. The number of aromatic nitrogens is 2. The van der Waals surface area contributed by atoms with Crippen molar-refractivity contribution < 1.29 is 22.7 Å². The minimum absolute atomic E-state index is 0.128. The fourth-order valence-corrected chi connectivity index (χ4v) is 3.34. The lowest BCUT2D eigenvalue weighted by molar-refractivity contribution is -0.147. The first-order chi connectivity index (χ1) is 13.3. The van der Waals surface area contributed by atoms with Gasteiger partial charge in [0.25, 0.3) is 0 Å². The van der Waals surface area contributed by atoms with Gasteiger partial charge in [-0.2, -0.15) is 13.2 Å². The molecule has 4 rings (SSSR count). The number of anilines is 1. The molecular weight excluding hydrogens is 371 g/mol. The number of rotatable bonds is 4. The molecule has 0 radical (unpaired) electrons. The summed E-state index contributed by atoms with van der Waals surface area (Å²) in [6, 6.07) is 12.5. The second-order valence-electron chi connectivity index (χ2n) is 6.68. The Morgan fingerprint density at radius 2 is 1.82 bits per heavy atom. The Balaban J connectivity index is 1.44. The van der Waals surface area contributed by atoms with Crippen molar-refractivity contribution in [1.29, 1.82) is 0 Å². The number of nitrogen functional groups attached to an aromatic ring is 1. The van der Waals surface area contributed by atoms with E-state index in [1.165, 1.54) is 18.2 Å². The first-order valence-electron chi connectivity index (χ1n) is 8.68. The van der Waals surface area contributed by atoms with E-state index in [-0.39, 0.29) is 23.8 Å². The topological polar surface area (TPSA) is 78.1 Å². The number of hydrogen-bond acceptors (Lipinski definition) is 5. The molecule has 8 heteroatoms. The highest BCUT2D eigenvalue weighted by molar-refractivity contribution is 5.87. The summed E-state index contributed by atoms with van der Waals surface area (Å²) in [6.45, 7) is -0.183. The van der Waals surface area contributed by atoms with Crippen molar-refractivity contribution in [2.75, 3.05) is 5.73 Å². The number of ether oxygens (including phenoxy) is 1. The maximum Gasteiger partial charge on any atom is 0.416 e. The first kappa shape index (κ1) is 18.2. The third kappa shape index (κ3) is 3.49. The zero-order chi connectivity index (χ0) is 19.9. The fraction of sp³-hybridized carbons (Fsp3) is 0.250. The molecule has 1 aliphatic rings. The summed E-state index contributed by atoms with van der Waals surface area (Å²) in [5, 5.41) is 0.698. The average molecular weight is 387 g/mol. The van der Waals surface area contributed by atoms with E-state index in [1.54, 1.807) is 18.2 Å². The van der Waals surface area contributed by atoms with Crippen LogP contribution in [0, 0.1) is 5.92 Å². The van der Waals surface area contributed by atoms with Gasteiger partial charge in [-0.3, -0.25) is 4.79 Å². The highest BCUT2D eigenvalue weighted by Gasteiger charge is 2.48. The van der Waals surface area contributed by atoms with Crippen LogP contribution in [0.1, 0.15) is 29.3 Å². The van der Waals surface area contributed by atoms with E-state index in [1.807, 2.05) is 6.07 Å². The number of hydrogen-bond donors (Lipinski definition) is 1. The Morgan fingerprint density at radius 3 is 2.61 bits per heavy atom. The van der Waals surface area contributed by atoms with Crippen LogP contribution in [0.4, 0.5) is 19.0 Å². The van der Waals surface area contributed by atoms with Crippen molar-refractivity contribution in [2.45, 2.75) is 25.1 Å². The van der Waals surface area contributed by atoms with Crippen LogP contribution in [-0.2, 0) is 22.3 Å². The average Bonchev–Trinajstić information content (AvgIpc) is 3.46. The molecule has 0 unspecified atom stereocenters. The largest absolute Gasteiger partial charge is 0.457 e. The minimum Gasteiger partial charge on any atom is -0.457 e. The minimum atomic E-state index is -4.45. The van der Waals surface area contributed by atoms with Gasteiger partial charge in [0.2, 0.25) is 0 Å². The van der Waals surface area contributed by atoms with Gasteiger partial charge in [-0.25, -0.2) is 9.97 Å². The number of esters is 1. The molecular formula is C20H16F3N3O2. The van der Waals surface area contributed by atoms with E-state index < -0.39 is 29.5 Å². The Kier molecular flexibility index (Phi) is 4.41. The lowest BCUT2D eigenvalue weighted by atomic mass is 10.0. The summed E-state index contributed by atoms with van der Waals surface area (Å²) >= 11 is 0. The number of carbonyl (C=O) groups is 1. The van der Waals surface area contributed by atoms with Crippen molar-refractivity contribution in [1.82, 2.24) is 9.97 Å². The Bertz CT molecular complexity index is 1050. The van der Waals surface area contributed by atoms with E-state index in [0.717, 1.165) is 6.07 Å². The van der Waals surface area contributed by atoms with E-state index in [9.17, 15) is 18.0 Å². The second kappa shape index (κ2) is 6.78. The summed E-state index contributed by atoms with van der Waals surface area (Å²) in [4.78, 5) is 20.7. The predicted octanol–water partition coefficient (Wildman–Crippen LogP) is 4.08. The van der Waals surface area contributed by atoms with E-state index in [2.05, 4.69) is 9.97 Å². The first-order valence-corrected chi connectivity index (χ1v) is 8.68. The van der Waals surface area contributed by atoms with Crippen LogP contribution >= 0.6 is 0 Å². The smallest absolute Gasteiger partial charge is 0.416 e. The predicted molar refractivity (Wildman–Crippen MR) is 96.0 cm³/mol. The van der Waals surface area contributed by atoms with Crippen LogP contribution in [0.25, 0.3) is 10.9 Å². The number of nitrogens with zero attached hydrogens (tertiary/aromatic N) is 2. The molecule has 1 saturated carbocycles. The molecule has 1 heterocycles. The van der Waals surface area contributed by atoms with Crippen molar-refractivity contribution in [2.24, 2.45) is 5.92 Å². The molecule has 3 aromatic rings. The quantitative estimate of drug-likeness (QED) is 0.683. The highest BCUT2D eigenvalue weighted by atomic mass is 19.4. The van der Waals surface area contributed by atoms with E-state index in [0.29, 0.717) is 17.3 Å². The standard InChI is InChI=1S/C20H16F3N3O2/c21-20(22,23)15-7-3-1-5-11(15)13-9-14(13)19(27)28-10-17-25-16-8-4-2-6-12(16)18(24)26-17/h1-8,13-14H,9-10H2,(H2,24,25,26)/t13-,14+/m0/s1. The Hall–Kier alpha value is -3.16. The monoisotopic (exact) mass is 387 g/mol. The molecule has 28 heavy (non-hydrogen) atoms. The maximum absolute atomic E-state index is 13.2. The third-order valence-electron chi connectivity index (χ3n) is 4.78. The summed E-state index contributed by atoms with van der Waals surface area (Å²) in [7, 11) is 0. The highest BCUT2D eigenvalue weighted by Crippen LogP contribution is 2.51. The normalized spacial score (nSPS) is 18.8. The number of benzene rings is 2. The molecule has 1 aromatic heterocycles. The Morgan fingerprint density at radius 1 is 1.11 bits per heavy atom. The second-order valence-corrected chi connectivity index (χ2v) is 6.68. The van der Waals surface area contributed by atoms with Gasteiger partial charge in [-0.15, -0.1) is 0 Å². The maximum atomic E-state index is 13.2. The molecule has 2 aromatic carbocycles. The van der Waals surface area contributed by atoms with Crippen molar-refractivity contribution >= 4 is 22.7 Å². The van der Waals surface area contributed by atoms with Gasteiger partial charge < -0.3 is 10.5 Å². The molecule has 1 fully saturated rings. The molecule has 1 aliphatic carbocycles. The van der Waals surface area contributed by atoms with Crippen LogP contribution in [-0.4, -0.2) is 15.9 Å². The van der Waals surface area contributed by atoms with Gasteiger partial charge in [-0.05, 0) is 36.1 Å². The zero-order valence-electron chi connectivity index (χ0n) is 14.6. The number of carbonyl (C=O) groups excluding carboxylic acids is 1. The summed E-state index contributed by atoms with van der Waals surface area (Å²) in [6.07, 6.45) is -4.13. The number of para-hydroxylation sites is 1. The van der Waals surface area contributed by atoms with Crippen LogP contribution < -0.4 is 5.73 Å². The molecule has 5 nitrogen and oxygen atoms in total. The molecule has 0 saturated heterocycles. The summed E-state index contributed by atoms with van der Waals surface area (Å²) in [5.74, 6) is -1.12. The molecule has 2 atom stereocenters. The van der Waals surface area contributed by atoms with Crippen LogP contribution in [0.2, 0.25) is 0 Å². The molecule has 144 valence electrons. The van der Waals surface area contributed by atoms with Gasteiger partial charge >= 0.3 is 12.1 Å². The van der Waals surface area contributed by atoms with Crippen molar-refractivity contribution in [3.63, 3.8) is 0 Å². The van der Waals surface area contributed by atoms with Crippen LogP contribution in [0.3, 0.4) is 0 Å². The number of fused-ring (bicyclic) bond motifs is 1. The molecule has 0 amide bonds. The van der Waals surface area contributed by atoms with E-state index >= 15 is 0 Å². The lowest BCUT2D eigenvalue weighted by Crippen LogP contribution is -2.12. The van der Waals surface area contributed by atoms with Gasteiger partial charge in [0.1, 0.15) is 5.82 Å². The number of halogens is 3. The number of alkyl halides is 3. The summed E-state index contributed by atoms with van der Waals surface area (Å²) in [5.41, 5.74) is 5.94. The van der Waals surface area contributed by atoms with Gasteiger partial charge in [0.15, 0.2) is 12.4 Å². The SMILES string of the molecule is Nc1nc(COC(=O)[C@@H]2C[C@H]2c2ccccc2C(F)(F)F)nc2ccccc12. The number of nitrogens with two attached hydrogens (primary N) is 1. The molecule has 2 N–H and O–H groups in total. The molecule has 0 spiro atoms. The fourth-order valence-electron chi connectivity index (χ4n) is 3.34. The van der Waals surface area contributed by atoms with Crippen molar-refractivity contribution in [3.8, 4) is 0 Å². The van der Waals surface area contributed by atoms with Gasteiger partial charge in [0.05, 0.1) is 17.0 Å². The van der Waals surface area contributed by atoms with Crippen LogP contribution in [0.15, 0.2) is 48.5 Å². The van der Waals surface area contributed by atoms with Crippen LogP contribution in [0.5, 0.6) is 0 Å². The summed E-state index contributed by atoms with van der Waals surface area (Å²) < 4.78 is 44.7.